The molecule has 0 fully saturated rings. The Kier molecular flexibility index (Phi) is 5.59. The molecule has 1 N–H and O–H groups in total. The summed E-state index contributed by atoms with van der Waals surface area (Å²) in [5, 5.41) is 0. The molecule has 142 valence electrons. The highest BCUT2D eigenvalue weighted by Gasteiger charge is 2.22. The SMILES string of the molecule is CCc1c(C(=O)c2cc(C)cc(C)c2)n(CCC2=CCCC2)c(=O)[nH]c1=O. The number of aryl methyl sites for hydroxylation is 2. The van der Waals surface area contributed by atoms with Crippen molar-refractivity contribution >= 4 is 5.78 Å². The molecule has 0 radical (unpaired) electrons. The zero-order valence-electron chi connectivity index (χ0n) is 16.2. The van der Waals surface area contributed by atoms with Crippen molar-refractivity contribution in [1.29, 1.82) is 0 Å². The zero-order chi connectivity index (χ0) is 19.6. The summed E-state index contributed by atoms with van der Waals surface area (Å²) >= 11 is 0. The number of carbonyl (C=O) groups excluding carboxylic acids is 1. The average molecular weight is 366 g/mol. The van der Waals surface area contributed by atoms with Crippen LogP contribution in [0.1, 0.15) is 65.3 Å². The van der Waals surface area contributed by atoms with Crippen LogP contribution in [0.15, 0.2) is 39.4 Å². The van der Waals surface area contributed by atoms with Gasteiger partial charge in [-0.15, -0.1) is 0 Å². The summed E-state index contributed by atoms with van der Waals surface area (Å²) in [5.41, 5.74) is 3.42. The number of aromatic amines is 1. The number of hydrogen-bond acceptors (Lipinski definition) is 3. The van der Waals surface area contributed by atoms with Crippen LogP contribution in [0.2, 0.25) is 0 Å². The molecule has 0 aliphatic heterocycles. The third kappa shape index (κ3) is 4.02. The second-order valence-electron chi connectivity index (χ2n) is 7.30. The highest BCUT2D eigenvalue weighted by Crippen LogP contribution is 2.22. The fourth-order valence-electron chi connectivity index (χ4n) is 3.88. The minimum absolute atomic E-state index is 0.231. The number of benzene rings is 1. The van der Waals surface area contributed by atoms with Crippen molar-refractivity contribution in [3.8, 4) is 0 Å². The van der Waals surface area contributed by atoms with E-state index in [4.69, 9.17) is 0 Å². The summed E-state index contributed by atoms with van der Waals surface area (Å²) in [5.74, 6) is -0.262. The Morgan fingerprint density at radius 3 is 2.44 bits per heavy atom. The van der Waals surface area contributed by atoms with Crippen molar-refractivity contribution in [3.05, 3.63) is 78.6 Å². The van der Waals surface area contributed by atoms with Crippen LogP contribution in [0, 0.1) is 13.8 Å². The first kappa shape index (κ1) is 19.1. The lowest BCUT2D eigenvalue weighted by molar-refractivity contribution is 0.102. The van der Waals surface area contributed by atoms with Crippen LogP contribution >= 0.6 is 0 Å². The molecule has 1 heterocycles. The van der Waals surface area contributed by atoms with Gasteiger partial charge in [0.05, 0.1) is 0 Å². The van der Waals surface area contributed by atoms with Gasteiger partial charge in [-0.25, -0.2) is 4.79 Å². The molecule has 0 saturated heterocycles. The number of nitrogens with one attached hydrogen (secondary N) is 1. The number of hydrogen-bond donors (Lipinski definition) is 1. The van der Waals surface area contributed by atoms with Gasteiger partial charge in [0.15, 0.2) is 0 Å². The minimum atomic E-state index is -0.511. The first-order chi connectivity index (χ1) is 12.9. The third-order valence-corrected chi connectivity index (χ3v) is 5.14. The summed E-state index contributed by atoms with van der Waals surface area (Å²) in [6, 6.07) is 5.61. The highest BCUT2D eigenvalue weighted by molar-refractivity contribution is 6.09. The quantitative estimate of drug-likeness (QED) is 0.629. The van der Waals surface area contributed by atoms with E-state index in [1.54, 1.807) is 0 Å². The topological polar surface area (TPSA) is 71.9 Å². The van der Waals surface area contributed by atoms with Crippen molar-refractivity contribution in [2.75, 3.05) is 0 Å². The molecule has 1 aliphatic carbocycles. The van der Waals surface area contributed by atoms with Gasteiger partial charge >= 0.3 is 5.69 Å². The van der Waals surface area contributed by atoms with Crippen LogP contribution < -0.4 is 11.2 Å². The molecule has 27 heavy (non-hydrogen) atoms. The highest BCUT2D eigenvalue weighted by atomic mass is 16.2. The third-order valence-electron chi connectivity index (χ3n) is 5.14. The maximum absolute atomic E-state index is 13.3. The summed E-state index contributed by atoms with van der Waals surface area (Å²) in [7, 11) is 0. The monoisotopic (exact) mass is 366 g/mol. The number of rotatable bonds is 6. The fourth-order valence-corrected chi connectivity index (χ4v) is 3.88. The van der Waals surface area contributed by atoms with Crippen molar-refractivity contribution < 1.29 is 4.79 Å². The van der Waals surface area contributed by atoms with Crippen molar-refractivity contribution in [3.63, 3.8) is 0 Å². The van der Waals surface area contributed by atoms with Crippen molar-refractivity contribution in [1.82, 2.24) is 9.55 Å². The normalized spacial score (nSPS) is 13.7. The molecule has 2 aromatic rings. The Labute approximate surface area is 158 Å². The molecule has 0 atom stereocenters. The fraction of sp³-hybridized carbons (Fsp3) is 0.409. The van der Waals surface area contributed by atoms with Crippen molar-refractivity contribution in [2.45, 2.75) is 59.4 Å². The van der Waals surface area contributed by atoms with Gasteiger partial charge in [0.2, 0.25) is 5.78 Å². The molecule has 0 spiro atoms. The van der Waals surface area contributed by atoms with E-state index in [0.29, 0.717) is 24.1 Å². The Bertz CT molecular complexity index is 1000. The Morgan fingerprint density at radius 2 is 1.85 bits per heavy atom. The van der Waals surface area contributed by atoms with Crippen LogP contribution in [0.25, 0.3) is 0 Å². The van der Waals surface area contributed by atoms with Gasteiger partial charge in [-0.2, -0.15) is 0 Å². The van der Waals surface area contributed by atoms with E-state index >= 15 is 0 Å². The smallest absolute Gasteiger partial charge is 0.289 e. The van der Waals surface area contributed by atoms with Crippen LogP contribution in [-0.4, -0.2) is 15.3 Å². The van der Waals surface area contributed by atoms with Gasteiger partial charge in [0.1, 0.15) is 5.69 Å². The summed E-state index contributed by atoms with van der Waals surface area (Å²) in [6.07, 6.45) is 6.59. The van der Waals surface area contributed by atoms with E-state index in [0.717, 1.165) is 36.8 Å². The molecular formula is C22H26N2O3. The molecule has 0 amide bonds. The summed E-state index contributed by atoms with van der Waals surface area (Å²) in [6.45, 7) is 6.10. The van der Waals surface area contributed by atoms with E-state index in [9.17, 15) is 14.4 Å². The lowest BCUT2D eigenvalue weighted by Gasteiger charge is -2.16. The molecule has 1 aromatic heterocycles. The van der Waals surface area contributed by atoms with Gasteiger partial charge in [0, 0.05) is 17.7 Å². The lowest BCUT2D eigenvalue weighted by atomic mass is 9.99. The van der Waals surface area contributed by atoms with Gasteiger partial charge in [-0.1, -0.05) is 35.8 Å². The van der Waals surface area contributed by atoms with Gasteiger partial charge < -0.3 is 0 Å². The first-order valence-corrected chi connectivity index (χ1v) is 9.57. The van der Waals surface area contributed by atoms with Gasteiger partial charge in [-0.05, 0) is 58.1 Å². The molecule has 1 aliphatic rings. The Morgan fingerprint density at radius 1 is 1.15 bits per heavy atom. The Balaban J connectivity index is 2.11. The predicted molar refractivity (Wildman–Crippen MR) is 107 cm³/mol. The number of ketones is 1. The van der Waals surface area contributed by atoms with Gasteiger partial charge in [0.25, 0.3) is 5.56 Å². The molecule has 0 saturated carbocycles. The predicted octanol–water partition coefficient (Wildman–Crippen LogP) is 3.45. The van der Waals surface area contributed by atoms with Crippen LogP contribution in [0.5, 0.6) is 0 Å². The summed E-state index contributed by atoms with van der Waals surface area (Å²) in [4.78, 5) is 40.6. The van der Waals surface area contributed by atoms with Gasteiger partial charge in [-0.3, -0.25) is 19.1 Å². The van der Waals surface area contributed by atoms with E-state index in [1.165, 1.54) is 10.1 Å². The largest absolute Gasteiger partial charge is 0.328 e. The van der Waals surface area contributed by atoms with Crippen LogP contribution in [0.4, 0.5) is 0 Å². The number of nitrogens with zero attached hydrogens (tertiary/aromatic N) is 1. The molecule has 3 rings (SSSR count). The second-order valence-corrected chi connectivity index (χ2v) is 7.30. The molecule has 5 heteroatoms. The average Bonchev–Trinajstić information content (AvgIpc) is 3.12. The summed E-state index contributed by atoms with van der Waals surface area (Å²) < 4.78 is 1.46. The number of aromatic nitrogens is 2. The van der Waals surface area contributed by atoms with Crippen molar-refractivity contribution in [2.24, 2.45) is 0 Å². The number of allylic oxidation sites excluding steroid dienone is 2. The Hall–Kier alpha value is -2.69. The molecular weight excluding hydrogens is 340 g/mol. The van der Waals surface area contributed by atoms with Crippen LogP contribution in [-0.2, 0) is 13.0 Å². The van der Waals surface area contributed by atoms with E-state index in [-0.39, 0.29) is 11.5 Å². The maximum atomic E-state index is 13.3. The van der Waals surface area contributed by atoms with E-state index < -0.39 is 11.2 Å². The lowest BCUT2D eigenvalue weighted by Crippen LogP contribution is -2.37. The molecule has 1 aromatic carbocycles. The number of H-pyrrole nitrogens is 1. The van der Waals surface area contributed by atoms with E-state index in [1.807, 2.05) is 39.0 Å². The maximum Gasteiger partial charge on any atom is 0.328 e. The van der Waals surface area contributed by atoms with E-state index in [2.05, 4.69) is 11.1 Å². The standard InChI is InChI=1S/C22H26N2O3/c1-4-18-19(20(25)17-12-14(2)11-15(3)13-17)24(22(27)23-21(18)26)10-9-16-7-5-6-8-16/h7,11-13H,4-6,8-10H2,1-3H3,(H,23,26,27). The van der Waals surface area contributed by atoms with Crippen LogP contribution in [0.3, 0.4) is 0 Å². The molecule has 5 nitrogen and oxygen atoms in total. The molecule has 0 bridgehead atoms. The second kappa shape index (κ2) is 7.91. The minimum Gasteiger partial charge on any atom is -0.289 e. The number of carbonyl (C=O) groups is 1. The molecule has 0 unspecified atom stereocenters. The first-order valence-electron chi connectivity index (χ1n) is 9.57. The zero-order valence-corrected chi connectivity index (χ0v) is 16.2.